The number of aromatic nitrogens is 2. The SMILES string of the molecule is C=CCn1c(=NC(=O)c2cc(C)no2)sc2cc(S(C)(=O)=O)ccc21. The zero-order chi connectivity index (χ0) is 18.2. The molecule has 2 heterocycles. The molecule has 9 heteroatoms. The van der Waals surface area contributed by atoms with Gasteiger partial charge in [0.1, 0.15) is 0 Å². The van der Waals surface area contributed by atoms with Crippen LogP contribution in [0.4, 0.5) is 0 Å². The van der Waals surface area contributed by atoms with Gasteiger partial charge in [-0.1, -0.05) is 22.6 Å². The van der Waals surface area contributed by atoms with Crippen LogP contribution in [-0.2, 0) is 16.4 Å². The van der Waals surface area contributed by atoms with Crippen LogP contribution in [-0.4, -0.2) is 30.3 Å². The Bertz CT molecular complexity index is 1150. The van der Waals surface area contributed by atoms with Gasteiger partial charge in [-0.2, -0.15) is 4.99 Å². The average Bonchev–Trinajstić information content (AvgIpc) is 3.11. The molecule has 3 rings (SSSR count). The highest BCUT2D eigenvalue weighted by molar-refractivity contribution is 7.90. The van der Waals surface area contributed by atoms with Crippen molar-refractivity contribution in [3.8, 4) is 0 Å². The fourth-order valence-electron chi connectivity index (χ4n) is 2.28. The van der Waals surface area contributed by atoms with Gasteiger partial charge in [-0.25, -0.2) is 8.42 Å². The van der Waals surface area contributed by atoms with E-state index < -0.39 is 15.7 Å². The third-order valence-electron chi connectivity index (χ3n) is 3.43. The van der Waals surface area contributed by atoms with Crippen LogP contribution in [0.2, 0.25) is 0 Å². The first-order chi connectivity index (χ1) is 11.8. The molecule has 0 bridgehead atoms. The summed E-state index contributed by atoms with van der Waals surface area (Å²) >= 11 is 1.23. The molecule has 0 unspecified atom stereocenters. The number of amides is 1. The fraction of sp³-hybridized carbons (Fsp3) is 0.188. The summed E-state index contributed by atoms with van der Waals surface area (Å²) in [4.78, 5) is 17.0. The summed E-state index contributed by atoms with van der Waals surface area (Å²) in [5.41, 5.74) is 1.37. The molecule has 0 radical (unpaired) electrons. The number of hydrogen-bond acceptors (Lipinski definition) is 6. The molecule has 0 atom stereocenters. The standard InChI is InChI=1S/C16H15N3O4S2/c1-4-7-19-12-6-5-11(25(3,21)22)9-14(12)24-16(19)17-15(20)13-8-10(2)18-23-13/h4-6,8-9H,1,7H2,2-3H3. The van der Waals surface area contributed by atoms with E-state index in [1.807, 2.05) is 0 Å². The number of fused-ring (bicyclic) bond motifs is 1. The Balaban J connectivity index is 2.19. The lowest BCUT2D eigenvalue weighted by Gasteiger charge is -2.02. The van der Waals surface area contributed by atoms with Gasteiger partial charge in [0.15, 0.2) is 14.6 Å². The molecule has 130 valence electrons. The smallest absolute Gasteiger partial charge is 0.318 e. The molecular weight excluding hydrogens is 362 g/mol. The molecule has 7 nitrogen and oxygen atoms in total. The number of thiazole rings is 1. The minimum absolute atomic E-state index is 0.0527. The number of nitrogens with zero attached hydrogens (tertiary/aromatic N) is 3. The lowest BCUT2D eigenvalue weighted by atomic mass is 10.3. The lowest BCUT2D eigenvalue weighted by molar-refractivity contribution is 0.0962. The second-order valence-electron chi connectivity index (χ2n) is 5.44. The highest BCUT2D eigenvalue weighted by Crippen LogP contribution is 2.22. The summed E-state index contributed by atoms with van der Waals surface area (Å²) in [7, 11) is -3.32. The first kappa shape index (κ1) is 17.3. The van der Waals surface area contributed by atoms with Crippen LogP contribution in [0.1, 0.15) is 16.2 Å². The highest BCUT2D eigenvalue weighted by Gasteiger charge is 2.14. The van der Waals surface area contributed by atoms with Gasteiger partial charge in [0.2, 0.25) is 5.76 Å². The molecule has 3 aromatic rings. The molecule has 0 saturated carbocycles. The number of allylic oxidation sites excluding steroid dienone is 1. The summed E-state index contributed by atoms with van der Waals surface area (Å²) in [5.74, 6) is -0.495. The van der Waals surface area contributed by atoms with Crippen molar-refractivity contribution in [1.82, 2.24) is 9.72 Å². The number of hydrogen-bond donors (Lipinski definition) is 0. The van der Waals surface area contributed by atoms with Crippen LogP contribution in [0.15, 0.2) is 51.3 Å². The van der Waals surface area contributed by atoms with Gasteiger partial charge in [0.05, 0.1) is 20.8 Å². The highest BCUT2D eigenvalue weighted by atomic mass is 32.2. The van der Waals surface area contributed by atoms with E-state index in [0.717, 1.165) is 11.8 Å². The number of benzene rings is 1. The van der Waals surface area contributed by atoms with Crippen LogP contribution < -0.4 is 4.80 Å². The largest absolute Gasteiger partial charge is 0.351 e. The van der Waals surface area contributed by atoms with E-state index in [4.69, 9.17) is 4.52 Å². The van der Waals surface area contributed by atoms with Gasteiger partial charge < -0.3 is 9.09 Å². The maximum atomic E-state index is 12.3. The minimum Gasteiger partial charge on any atom is -0.351 e. The predicted octanol–water partition coefficient (Wildman–Crippen LogP) is 2.33. The maximum absolute atomic E-state index is 12.3. The molecule has 0 spiro atoms. The Morgan fingerprint density at radius 1 is 1.44 bits per heavy atom. The van der Waals surface area contributed by atoms with Crippen LogP contribution in [0, 0.1) is 6.92 Å². The Morgan fingerprint density at radius 2 is 2.20 bits per heavy atom. The number of rotatable bonds is 4. The van der Waals surface area contributed by atoms with Crippen molar-refractivity contribution in [2.45, 2.75) is 18.4 Å². The molecule has 1 amide bonds. The van der Waals surface area contributed by atoms with Crippen LogP contribution in [0.3, 0.4) is 0 Å². The second kappa shape index (κ2) is 6.41. The minimum atomic E-state index is -3.32. The first-order valence-electron chi connectivity index (χ1n) is 7.26. The third kappa shape index (κ3) is 3.47. The Labute approximate surface area is 147 Å². The topological polar surface area (TPSA) is 94.5 Å². The van der Waals surface area contributed by atoms with E-state index in [-0.39, 0.29) is 10.7 Å². The first-order valence-corrected chi connectivity index (χ1v) is 9.97. The molecule has 1 aromatic carbocycles. The van der Waals surface area contributed by atoms with Gasteiger partial charge in [0, 0.05) is 18.9 Å². The molecule has 2 aromatic heterocycles. The summed E-state index contributed by atoms with van der Waals surface area (Å²) in [6.07, 6.45) is 2.83. The molecule has 0 N–H and O–H groups in total. The summed E-state index contributed by atoms with van der Waals surface area (Å²) in [5, 5.41) is 3.68. The predicted molar refractivity (Wildman–Crippen MR) is 94.3 cm³/mol. The summed E-state index contributed by atoms with van der Waals surface area (Å²) in [6.45, 7) is 5.86. The van der Waals surface area contributed by atoms with Gasteiger partial charge in [0.25, 0.3) is 0 Å². The van der Waals surface area contributed by atoms with Crippen molar-refractivity contribution in [2.24, 2.45) is 4.99 Å². The van der Waals surface area contributed by atoms with Gasteiger partial charge >= 0.3 is 5.91 Å². The maximum Gasteiger partial charge on any atom is 0.318 e. The Kier molecular flexibility index (Phi) is 4.44. The zero-order valence-electron chi connectivity index (χ0n) is 13.6. The fourth-order valence-corrected chi connectivity index (χ4v) is 4.08. The molecule has 0 saturated heterocycles. The summed E-state index contributed by atoms with van der Waals surface area (Å²) in [6, 6.07) is 6.33. The second-order valence-corrected chi connectivity index (χ2v) is 8.46. The van der Waals surface area contributed by atoms with Gasteiger partial charge in [-0.3, -0.25) is 4.79 Å². The Morgan fingerprint density at radius 3 is 2.80 bits per heavy atom. The lowest BCUT2D eigenvalue weighted by Crippen LogP contribution is -2.16. The molecular formula is C16H15N3O4S2. The molecule has 0 aliphatic heterocycles. The van der Waals surface area contributed by atoms with Crippen LogP contribution in [0.25, 0.3) is 10.2 Å². The normalized spacial score (nSPS) is 12.6. The number of aryl methyl sites for hydroxylation is 1. The molecule has 0 aliphatic carbocycles. The number of sulfone groups is 1. The monoisotopic (exact) mass is 377 g/mol. The van der Waals surface area contributed by atoms with Crippen molar-refractivity contribution in [2.75, 3.05) is 6.26 Å². The van der Waals surface area contributed by atoms with Gasteiger partial charge in [-0.15, -0.1) is 6.58 Å². The third-order valence-corrected chi connectivity index (χ3v) is 5.58. The Hall–Kier alpha value is -2.52. The van der Waals surface area contributed by atoms with Crippen LogP contribution in [0.5, 0.6) is 0 Å². The van der Waals surface area contributed by atoms with Crippen molar-refractivity contribution in [3.63, 3.8) is 0 Å². The molecule has 0 fully saturated rings. The summed E-state index contributed by atoms with van der Waals surface area (Å²) < 4.78 is 30.9. The number of carbonyl (C=O) groups excluding carboxylic acids is 1. The van der Waals surface area contributed by atoms with Crippen LogP contribution >= 0.6 is 11.3 Å². The van der Waals surface area contributed by atoms with Gasteiger partial charge in [-0.05, 0) is 25.1 Å². The van der Waals surface area contributed by atoms with Crippen molar-refractivity contribution in [1.29, 1.82) is 0 Å². The van der Waals surface area contributed by atoms with E-state index in [0.29, 0.717) is 21.7 Å². The van der Waals surface area contributed by atoms with Crippen molar-refractivity contribution in [3.05, 3.63) is 53.2 Å². The van der Waals surface area contributed by atoms with E-state index in [2.05, 4.69) is 16.7 Å². The molecule has 0 aliphatic rings. The molecule has 25 heavy (non-hydrogen) atoms. The van der Waals surface area contributed by atoms with Crippen molar-refractivity contribution < 1.29 is 17.7 Å². The van der Waals surface area contributed by atoms with E-state index in [1.165, 1.54) is 23.5 Å². The number of carbonyl (C=O) groups is 1. The zero-order valence-corrected chi connectivity index (χ0v) is 15.2. The average molecular weight is 377 g/mol. The quantitative estimate of drug-likeness (QED) is 0.651. The van der Waals surface area contributed by atoms with E-state index in [9.17, 15) is 13.2 Å². The van der Waals surface area contributed by atoms with E-state index in [1.54, 1.807) is 29.7 Å². The van der Waals surface area contributed by atoms with E-state index >= 15 is 0 Å². The van der Waals surface area contributed by atoms with Crippen molar-refractivity contribution >= 4 is 37.3 Å².